The predicted molar refractivity (Wildman–Crippen MR) is 128 cm³/mol. The van der Waals surface area contributed by atoms with Gasteiger partial charge in [-0.15, -0.1) is 0 Å². The fourth-order valence-corrected chi connectivity index (χ4v) is 6.30. The second kappa shape index (κ2) is 10.4. The van der Waals surface area contributed by atoms with Gasteiger partial charge >= 0.3 is 5.69 Å². The molecule has 7 nitrogen and oxygen atoms in total. The number of amides is 1. The van der Waals surface area contributed by atoms with Crippen LogP contribution in [0.1, 0.15) is 57.5 Å². The summed E-state index contributed by atoms with van der Waals surface area (Å²) >= 11 is 3.44. The fourth-order valence-electron chi connectivity index (χ4n) is 4.74. The van der Waals surface area contributed by atoms with Crippen LogP contribution in [0.5, 0.6) is 0 Å². The van der Waals surface area contributed by atoms with Gasteiger partial charge in [-0.1, -0.05) is 6.92 Å². The van der Waals surface area contributed by atoms with Crippen molar-refractivity contribution in [2.24, 2.45) is 0 Å². The van der Waals surface area contributed by atoms with E-state index >= 15 is 0 Å². The molecule has 1 saturated carbocycles. The number of fused-ring (bicyclic) bond motifs is 1. The zero-order valence-electron chi connectivity index (χ0n) is 18.2. The maximum atomic E-state index is 14.0. The Kier molecular flexibility index (Phi) is 7.60. The molecule has 1 saturated heterocycles. The number of halogens is 1. The lowest BCUT2D eigenvalue weighted by Crippen LogP contribution is -2.46. The summed E-state index contributed by atoms with van der Waals surface area (Å²) in [6, 6.07) is 0.961. The molecule has 0 spiro atoms. The highest BCUT2D eigenvalue weighted by Crippen LogP contribution is 2.30. The third-order valence-electron chi connectivity index (χ3n) is 6.34. The molecule has 0 atom stereocenters. The van der Waals surface area contributed by atoms with Crippen molar-refractivity contribution >= 4 is 40.5 Å². The molecule has 4 rings (SSSR count). The number of pyridine rings is 1. The van der Waals surface area contributed by atoms with Crippen molar-refractivity contribution in [2.75, 3.05) is 23.0 Å². The zero-order chi connectivity index (χ0) is 22.7. The molecule has 32 heavy (non-hydrogen) atoms. The van der Waals surface area contributed by atoms with Crippen LogP contribution in [-0.2, 0) is 4.79 Å². The van der Waals surface area contributed by atoms with E-state index in [0.29, 0.717) is 31.4 Å². The molecule has 3 heterocycles. The average molecular weight is 481 g/mol. The van der Waals surface area contributed by atoms with Gasteiger partial charge in [0, 0.05) is 18.1 Å². The molecular formula is C22H29FN4O3S2. The van der Waals surface area contributed by atoms with Gasteiger partial charge in [0.05, 0.1) is 17.3 Å². The van der Waals surface area contributed by atoms with E-state index in [9.17, 15) is 18.8 Å². The minimum Gasteiger partial charge on any atom is -0.353 e. The summed E-state index contributed by atoms with van der Waals surface area (Å²) in [7, 11) is 0. The van der Waals surface area contributed by atoms with Crippen molar-refractivity contribution in [3.63, 3.8) is 0 Å². The number of rotatable bonds is 6. The van der Waals surface area contributed by atoms with Gasteiger partial charge in [-0.25, -0.2) is 14.2 Å². The van der Waals surface area contributed by atoms with E-state index in [1.165, 1.54) is 10.6 Å². The normalized spacial score (nSPS) is 22.2. The number of carbonyl (C=O) groups is 1. The lowest BCUT2D eigenvalue weighted by molar-refractivity contribution is -0.119. The zero-order valence-corrected chi connectivity index (χ0v) is 19.9. The maximum absolute atomic E-state index is 14.0. The van der Waals surface area contributed by atoms with E-state index < -0.39 is 11.4 Å². The summed E-state index contributed by atoms with van der Waals surface area (Å²) in [4.78, 5) is 43.1. The Morgan fingerprint density at radius 2 is 1.84 bits per heavy atom. The Morgan fingerprint density at radius 3 is 2.53 bits per heavy atom. The summed E-state index contributed by atoms with van der Waals surface area (Å²) in [6.07, 6.45) is 5.38. The van der Waals surface area contributed by atoms with Gasteiger partial charge in [-0.2, -0.15) is 23.5 Å². The van der Waals surface area contributed by atoms with Crippen molar-refractivity contribution in [3.05, 3.63) is 38.9 Å². The third kappa shape index (κ3) is 4.90. The molecule has 1 N–H and O–H groups in total. The number of aromatic nitrogens is 3. The van der Waals surface area contributed by atoms with Gasteiger partial charge in [-0.3, -0.25) is 18.7 Å². The van der Waals surface area contributed by atoms with Gasteiger partial charge in [0.1, 0.15) is 11.5 Å². The first kappa shape index (κ1) is 23.4. The Morgan fingerprint density at radius 1 is 1.16 bits per heavy atom. The second-order valence-electron chi connectivity index (χ2n) is 8.41. The Labute approximate surface area is 194 Å². The summed E-state index contributed by atoms with van der Waals surface area (Å²) in [5.41, 5.74) is -0.528. The van der Waals surface area contributed by atoms with Gasteiger partial charge in [0.15, 0.2) is 0 Å². The van der Waals surface area contributed by atoms with E-state index in [1.807, 2.05) is 18.7 Å². The molecule has 1 amide bonds. The summed E-state index contributed by atoms with van der Waals surface area (Å²) < 4.78 is 16.9. The van der Waals surface area contributed by atoms with Gasteiger partial charge in [0.2, 0.25) is 5.91 Å². The van der Waals surface area contributed by atoms with Gasteiger partial charge < -0.3 is 5.32 Å². The van der Waals surface area contributed by atoms with Crippen molar-refractivity contribution in [1.82, 2.24) is 19.4 Å². The molecule has 2 aliphatic rings. The van der Waals surface area contributed by atoms with Crippen molar-refractivity contribution < 1.29 is 9.18 Å². The van der Waals surface area contributed by atoms with E-state index in [1.54, 1.807) is 16.3 Å². The monoisotopic (exact) mass is 480 g/mol. The van der Waals surface area contributed by atoms with Crippen LogP contribution in [0.15, 0.2) is 21.9 Å². The average Bonchev–Trinajstić information content (AvgIpc) is 2.80. The number of nitrogens with one attached hydrogen (secondary N) is 1. The van der Waals surface area contributed by atoms with Crippen LogP contribution in [0.25, 0.3) is 11.0 Å². The number of nitrogens with zero attached hydrogens (tertiary/aromatic N) is 3. The molecular weight excluding hydrogens is 451 g/mol. The predicted octanol–water partition coefficient (Wildman–Crippen LogP) is 3.12. The first-order valence-corrected chi connectivity index (χ1v) is 13.6. The molecule has 174 valence electrons. The topological polar surface area (TPSA) is 86.0 Å². The highest BCUT2D eigenvalue weighted by molar-refractivity contribution is 7.99. The Hall–Kier alpha value is -1.81. The lowest BCUT2D eigenvalue weighted by atomic mass is 9.91. The number of hydrogen-bond donors (Lipinski definition) is 1. The largest absolute Gasteiger partial charge is 0.353 e. The third-order valence-corrected chi connectivity index (χ3v) is 8.27. The standard InChI is InChI=1S/C22H29FN4O3S2/c1-2-31-13-19(28)25-15-3-5-16(6-4-15)27-21(29)18-11-14(23)12-24-20(18)26(22(27)30)17-7-9-32-10-8-17/h11-12,15-17H,2-10,13H2,1H3,(H,25,28). The van der Waals surface area contributed by atoms with Gasteiger partial charge in [0.25, 0.3) is 5.56 Å². The van der Waals surface area contributed by atoms with Gasteiger partial charge in [-0.05, 0) is 61.8 Å². The maximum Gasteiger partial charge on any atom is 0.333 e. The van der Waals surface area contributed by atoms with Crippen LogP contribution in [-0.4, -0.2) is 49.1 Å². The van der Waals surface area contributed by atoms with E-state index in [0.717, 1.165) is 36.3 Å². The molecule has 1 aliphatic carbocycles. The second-order valence-corrected chi connectivity index (χ2v) is 10.9. The van der Waals surface area contributed by atoms with Crippen molar-refractivity contribution in [3.8, 4) is 0 Å². The molecule has 0 bridgehead atoms. The first-order chi connectivity index (χ1) is 15.5. The van der Waals surface area contributed by atoms with Crippen LogP contribution >= 0.6 is 23.5 Å². The number of carbonyl (C=O) groups excluding carboxylic acids is 1. The van der Waals surface area contributed by atoms with Crippen LogP contribution in [0.2, 0.25) is 0 Å². The SMILES string of the molecule is CCSCC(=O)NC1CCC(n2c(=O)c3cc(F)cnc3n(C3CCSCC3)c2=O)CC1. The molecule has 0 radical (unpaired) electrons. The van der Waals surface area contributed by atoms with Crippen LogP contribution in [0.4, 0.5) is 4.39 Å². The molecule has 10 heteroatoms. The summed E-state index contributed by atoms with van der Waals surface area (Å²) in [5.74, 6) is 2.68. The fraction of sp³-hybridized carbons (Fsp3) is 0.636. The number of thioether (sulfide) groups is 2. The van der Waals surface area contributed by atoms with Crippen LogP contribution in [0, 0.1) is 5.82 Å². The molecule has 0 aromatic carbocycles. The van der Waals surface area contributed by atoms with Crippen LogP contribution in [0.3, 0.4) is 0 Å². The molecule has 2 fully saturated rings. The molecule has 1 aliphatic heterocycles. The number of hydrogen-bond acceptors (Lipinski definition) is 6. The smallest absolute Gasteiger partial charge is 0.333 e. The van der Waals surface area contributed by atoms with E-state index in [2.05, 4.69) is 10.3 Å². The molecule has 0 unspecified atom stereocenters. The highest BCUT2D eigenvalue weighted by Gasteiger charge is 2.29. The Bertz CT molecular complexity index is 1090. The van der Waals surface area contributed by atoms with Crippen molar-refractivity contribution in [1.29, 1.82) is 0 Å². The van der Waals surface area contributed by atoms with Crippen molar-refractivity contribution in [2.45, 2.75) is 63.6 Å². The Balaban J connectivity index is 1.64. The quantitative estimate of drug-likeness (QED) is 0.684. The van der Waals surface area contributed by atoms with E-state index in [4.69, 9.17) is 0 Å². The van der Waals surface area contributed by atoms with Crippen LogP contribution < -0.4 is 16.6 Å². The minimum atomic E-state index is -0.582. The molecule has 2 aromatic heterocycles. The molecule has 2 aromatic rings. The van der Waals surface area contributed by atoms with E-state index in [-0.39, 0.29) is 40.8 Å². The minimum absolute atomic E-state index is 0.0299. The lowest BCUT2D eigenvalue weighted by Gasteiger charge is -2.31. The highest BCUT2D eigenvalue weighted by atomic mass is 32.2. The first-order valence-electron chi connectivity index (χ1n) is 11.3. The summed E-state index contributed by atoms with van der Waals surface area (Å²) in [5, 5.41) is 3.22. The summed E-state index contributed by atoms with van der Waals surface area (Å²) in [6.45, 7) is 2.02.